The molecule has 0 saturated carbocycles. The molecule has 2 rings (SSSR count). The summed E-state index contributed by atoms with van der Waals surface area (Å²) in [4.78, 5) is 33.1. The summed E-state index contributed by atoms with van der Waals surface area (Å²) in [5.74, 6) is -1.00. The Morgan fingerprint density at radius 2 is 1.75 bits per heavy atom. The van der Waals surface area contributed by atoms with Crippen molar-refractivity contribution in [2.75, 3.05) is 6.61 Å². The molecule has 0 aliphatic carbocycles. The molecule has 2 N–H and O–H groups in total. The average molecular weight is 330 g/mol. The lowest BCUT2D eigenvalue weighted by Gasteiger charge is -2.08. The highest BCUT2D eigenvalue weighted by atomic mass is 16.6. The number of carbonyl (C=O) groups excluding carboxylic acids is 2. The second-order valence-electron chi connectivity index (χ2n) is 4.65. The molecule has 0 bridgehead atoms. The predicted octanol–water partition coefficient (Wildman–Crippen LogP) is 2.66. The summed E-state index contributed by atoms with van der Waals surface area (Å²) in [6, 6.07) is 9.60. The van der Waals surface area contributed by atoms with Gasteiger partial charge in [0, 0.05) is 11.6 Å². The van der Waals surface area contributed by atoms with Gasteiger partial charge in [-0.2, -0.15) is 0 Å². The Morgan fingerprint density at radius 1 is 1.12 bits per heavy atom. The van der Waals surface area contributed by atoms with Gasteiger partial charge >= 0.3 is 11.7 Å². The molecule has 1 amide bonds. The van der Waals surface area contributed by atoms with E-state index in [-0.39, 0.29) is 29.4 Å². The molecule has 0 unspecified atom stereocenters. The first-order chi connectivity index (χ1) is 11.4. The van der Waals surface area contributed by atoms with Crippen LogP contribution >= 0.6 is 0 Å². The van der Waals surface area contributed by atoms with Crippen molar-refractivity contribution in [3.05, 3.63) is 63.7 Å². The van der Waals surface area contributed by atoms with Crippen LogP contribution in [0.15, 0.2) is 42.5 Å². The third-order valence-corrected chi connectivity index (χ3v) is 3.03. The number of nitro groups is 1. The molecule has 0 spiro atoms. The van der Waals surface area contributed by atoms with E-state index in [4.69, 9.17) is 15.2 Å². The van der Waals surface area contributed by atoms with Crippen LogP contribution in [-0.2, 0) is 4.74 Å². The molecular weight excluding hydrogens is 316 g/mol. The van der Waals surface area contributed by atoms with Crippen molar-refractivity contribution < 1.29 is 24.0 Å². The molecule has 2 aromatic carbocycles. The Hall–Kier alpha value is -3.42. The average Bonchev–Trinajstić information content (AvgIpc) is 2.55. The summed E-state index contributed by atoms with van der Waals surface area (Å²) in [7, 11) is 0. The van der Waals surface area contributed by atoms with Crippen LogP contribution in [0.5, 0.6) is 11.5 Å². The maximum atomic E-state index is 11.6. The third kappa shape index (κ3) is 3.86. The van der Waals surface area contributed by atoms with Crippen LogP contribution in [-0.4, -0.2) is 23.4 Å². The van der Waals surface area contributed by atoms with Crippen molar-refractivity contribution in [3.63, 3.8) is 0 Å². The summed E-state index contributed by atoms with van der Waals surface area (Å²) in [5, 5.41) is 11.1. The van der Waals surface area contributed by atoms with Crippen LogP contribution in [0.4, 0.5) is 5.69 Å². The molecule has 0 heterocycles. The number of ether oxygens (including phenoxy) is 2. The summed E-state index contributed by atoms with van der Waals surface area (Å²) in [6.45, 7) is 1.96. The number of nitrogens with zero attached hydrogens (tertiary/aromatic N) is 1. The van der Waals surface area contributed by atoms with Gasteiger partial charge in [-0.25, -0.2) is 4.79 Å². The standard InChI is InChI=1S/C16H14N2O6/c1-2-23-16(20)10-3-6-12(7-4-10)24-14-8-5-11(15(17)19)9-13(14)18(21)22/h3-9H,2H2,1H3,(H2,17,19). The first kappa shape index (κ1) is 16.9. The van der Waals surface area contributed by atoms with Crippen molar-refractivity contribution in [1.29, 1.82) is 0 Å². The zero-order valence-electron chi connectivity index (χ0n) is 12.7. The molecule has 8 heteroatoms. The van der Waals surface area contributed by atoms with Gasteiger partial charge in [0.15, 0.2) is 0 Å². The van der Waals surface area contributed by atoms with E-state index in [9.17, 15) is 19.7 Å². The second kappa shape index (κ2) is 7.23. The van der Waals surface area contributed by atoms with E-state index in [1.165, 1.54) is 36.4 Å². The molecule has 0 atom stereocenters. The molecule has 8 nitrogen and oxygen atoms in total. The summed E-state index contributed by atoms with van der Waals surface area (Å²) in [6.07, 6.45) is 0. The van der Waals surface area contributed by atoms with E-state index < -0.39 is 16.8 Å². The van der Waals surface area contributed by atoms with Crippen LogP contribution in [0.3, 0.4) is 0 Å². The van der Waals surface area contributed by atoms with Gasteiger partial charge in [-0.15, -0.1) is 0 Å². The topological polar surface area (TPSA) is 122 Å². The highest BCUT2D eigenvalue weighted by molar-refractivity contribution is 5.93. The number of hydrogen-bond donors (Lipinski definition) is 1. The lowest BCUT2D eigenvalue weighted by Crippen LogP contribution is -2.11. The van der Waals surface area contributed by atoms with E-state index in [2.05, 4.69) is 0 Å². The number of carbonyl (C=O) groups is 2. The fourth-order valence-electron chi connectivity index (χ4n) is 1.90. The Labute approximate surface area is 136 Å². The Balaban J connectivity index is 2.26. The lowest BCUT2D eigenvalue weighted by molar-refractivity contribution is -0.385. The van der Waals surface area contributed by atoms with Crippen LogP contribution in [0, 0.1) is 10.1 Å². The molecule has 124 valence electrons. The van der Waals surface area contributed by atoms with Gasteiger partial charge in [0.25, 0.3) is 0 Å². The van der Waals surface area contributed by atoms with Crippen molar-refractivity contribution in [2.24, 2.45) is 5.73 Å². The second-order valence-corrected chi connectivity index (χ2v) is 4.65. The van der Waals surface area contributed by atoms with Gasteiger partial charge in [-0.05, 0) is 43.3 Å². The largest absolute Gasteiger partial charge is 0.462 e. The minimum absolute atomic E-state index is 0.00621. The Kier molecular flexibility index (Phi) is 5.10. The van der Waals surface area contributed by atoms with Gasteiger partial charge in [0.05, 0.1) is 17.1 Å². The quantitative estimate of drug-likeness (QED) is 0.493. The SMILES string of the molecule is CCOC(=O)c1ccc(Oc2ccc(C(N)=O)cc2[N+](=O)[O-])cc1. The van der Waals surface area contributed by atoms with Crippen molar-refractivity contribution in [3.8, 4) is 11.5 Å². The zero-order valence-corrected chi connectivity index (χ0v) is 12.7. The molecule has 0 aliphatic heterocycles. The zero-order chi connectivity index (χ0) is 17.7. The number of esters is 1. The highest BCUT2D eigenvalue weighted by Crippen LogP contribution is 2.32. The lowest BCUT2D eigenvalue weighted by atomic mass is 10.1. The molecule has 24 heavy (non-hydrogen) atoms. The number of nitrogens with two attached hydrogens (primary N) is 1. The number of hydrogen-bond acceptors (Lipinski definition) is 6. The Morgan fingerprint density at radius 3 is 2.29 bits per heavy atom. The minimum Gasteiger partial charge on any atom is -0.462 e. The maximum absolute atomic E-state index is 11.6. The first-order valence-electron chi connectivity index (χ1n) is 6.95. The van der Waals surface area contributed by atoms with Crippen molar-refractivity contribution in [2.45, 2.75) is 6.92 Å². The normalized spacial score (nSPS) is 10.0. The maximum Gasteiger partial charge on any atom is 0.338 e. The van der Waals surface area contributed by atoms with E-state index in [1.54, 1.807) is 6.92 Å². The summed E-state index contributed by atoms with van der Waals surface area (Å²) in [5.41, 5.74) is 5.06. The van der Waals surface area contributed by atoms with Crippen LogP contribution in [0.2, 0.25) is 0 Å². The number of primary amides is 1. The van der Waals surface area contributed by atoms with E-state index in [1.807, 2.05) is 0 Å². The molecule has 0 fully saturated rings. The van der Waals surface area contributed by atoms with Crippen LogP contribution in [0.1, 0.15) is 27.6 Å². The minimum atomic E-state index is -0.775. The molecule has 2 aromatic rings. The third-order valence-electron chi connectivity index (χ3n) is 3.03. The first-order valence-corrected chi connectivity index (χ1v) is 6.95. The summed E-state index contributed by atoms with van der Waals surface area (Å²) >= 11 is 0. The number of amides is 1. The van der Waals surface area contributed by atoms with Gasteiger partial charge in [0.2, 0.25) is 11.7 Å². The molecular formula is C16H14N2O6. The Bertz CT molecular complexity index is 786. The molecule has 0 aliphatic rings. The monoisotopic (exact) mass is 330 g/mol. The smallest absolute Gasteiger partial charge is 0.338 e. The number of rotatable bonds is 6. The highest BCUT2D eigenvalue weighted by Gasteiger charge is 2.18. The molecule has 0 radical (unpaired) electrons. The molecule has 0 saturated heterocycles. The number of benzene rings is 2. The number of nitro benzene ring substituents is 1. The van der Waals surface area contributed by atoms with E-state index in [0.717, 1.165) is 6.07 Å². The fourth-order valence-corrected chi connectivity index (χ4v) is 1.90. The molecule has 0 aromatic heterocycles. The van der Waals surface area contributed by atoms with Gasteiger partial charge in [-0.3, -0.25) is 14.9 Å². The van der Waals surface area contributed by atoms with Gasteiger partial charge in [0.1, 0.15) is 5.75 Å². The predicted molar refractivity (Wildman–Crippen MR) is 84.1 cm³/mol. The van der Waals surface area contributed by atoms with Crippen molar-refractivity contribution >= 4 is 17.6 Å². The summed E-state index contributed by atoms with van der Waals surface area (Å²) < 4.78 is 10.3. The fraction of sp³-hybridized carbons (Fsp3) is 0.125. The van der Waals surface area contributed by atoms with E-state index in [0.29, 0.717) is 5.56 Å². The van der Waals surface area contributed by atoms with Gasteiger partial charge < -0.3 is 15.2 Å². The van der Waals surface area contributed by atoms with Crippen LogP contribution in [0.25, 0.3) is 0 Å². The van der Waals surface area contributed by atoms with E-state index >= 15 is 0 Å². The van der Waals surface area contributed by atoms with Gasteiger partial charge in [-0.1, -0.05) is 0 Å². The van der Waals surface area contributed by atoms with Crippen molar-refractivity contribution in [1.82, 2.24) is 0 Å². The van der Waals surface area contributed by atoms with Crippen LogP contribution < -0.4 is 10.5 Å².